The Labute approximate surface area is 401 Å². The molecule has 1 fully saturated rings. The minimum Gasteiger partial charge on any atom is -0.508 e. The number of amides is 9. The Morgan fingerprint density at radius 3 is 1.70 bits per heavy atom. The van der Waals surface area contributed by atoms with Crippen LogP contribution in [0.3, 0.4) is 0 Å². The van der Waals surface area contributed by atoms with Gasteiger partial charge >= 0.3 is 5.97 Å². The summed E-state index contributed by atoms with van der Waals surface area (Å²) in [4.78, 5) is 131. The van der Waals surface area contributed by atoms with Crippen LogP contribution in [-0.4, -0.2) is 154 Å². The maximum atomic E-state index is 14.0. The maximum Gasteiger partial charge on any atom is 0.328 e. The minimum atomic E-state index is -1.79. The van der Waals surface area contributed by atoms with Gasteiger partial charge in [-0.15, -0.1) is 0 Å². The smallest absolute Gasteiger partial charge is 0.328 e. The lowest BCUT2D eigenvalue weighted by Gasteiger charge is -2.29. The molecule has 1 heterocycles. The number of nitrogens with one attached hydrogen (secondary N) is 9. The molecule has 0 radical (unpaired) electrons. The highest BCUT2D eigenvalue weighted by atomic mass is 16.4. The third kappa shape index (κ3) is 20.4. The molecule has 1 aliphatic heterocycles. The first-order valence-corrected chi connectivity index (χ1v) is 23.1. The summed E-state index contributed by atoms with van der Waals surface area (Å²) in [5.74, 6) is -10.4. The van der Waals surface area contributed by atoms with Gasteiger partial charge in [0.25, 0.3) is 0 Å². The summed E-state index contributed by atoms with van der Waals surface area (Å²) >= 11 is 0. The molecule has 10 atom stereocenters. The number of aromatic hydroxyl groups is 1. The highest BCUT2D eigenvalue weighted by Gasteiger charge is 2.36. The van der Waals surface area contributed by atoms with Gasteiger partial charge in [-0.05, 0) is 74.6 Å². The highest BCUT2D eigenvalue weighted by Crippen LogP contribution is 2.15. The van der Waals surface area contributed by atoms with Crippen molar-refractivity contribution in [3.05, 3.63) is 29.8 Å². The molecule has 0 saturated carbocycles. The second-order valence-electron chi connectivity index (χ2n) is 18.2. The Bertz CT molecular complexity index is 1940. The molecule has 1 saturated heterocycles. The van der Waals surface area contributed by atoms with Gasteiger partial charge in [-0.3, -0.25) is 43.2 Å². The second-order valence-corrected chi connectivity index (χ2v) is 18.2. The van der Waals surface area contributed by atoms with Crippen molar-refractivity contribution >= 4 is 59.1 Å². The number of hydrogen-bond acceptors (Lipinski definition) is 14. The van der Waals surface area contributed by atoms with E-state index in [1.165, 1.54) is 12.1 Å². The number of benzene rings is 1. The number of aliphatic carboxylic acids is 1. The Kier molecular flexibility index (Phi) is 24.5. The zero-order chi connectivity index (χ0) is 52.1. The molecular formula is C45H72N10O14. The van der Waals surface area contributed by atoms with E-state index in [0.717, 1.165) is 13.3 Å². The van der Waals surface area contributed by atoms with Crippen LogP contribution in [0.15, 0.2) is 24.3 Å². The van der Waals surface area contributed by atoms with E-state index in [-0.39, 0.29) is 36.8 Å². The average Bonchev–Trinajstić information content (AvgIpc) is 3.82. The predicted octanol–water partition coefficient (Wildman–Crippen LogP) is -3.33. The highest BCUT2D eigenvalue weighted by molar-refractivity contribution is 5.98. The third-order valence-corrected chi connectivity index (χ3v) is 11.2. The van der Waals surface area contributed by atoms with Gasteiger partial charge in [0, 0.05) is 6.42 Å². The molecule has 15 N–H and O–H groups in total. The van der Waals surface area contributed by atoms with Crippen LogP contribution in [0.2, 0.25) is 0 Å². The molecule has 0 aliphatic carbocycles. The third-order valence-electron chi connectivity index (χ3n) is 11.2. The van der Waals surface area contributed by atoms with E-state index in [4.69, 9.17) is 5.73 Å². The lowest BCUT2D eigenvalue weighted by atomic mass is 9.96. The summed E-state index contributed by atoms with van der Waals surface area (Å²) < 4.78 is 0. The van der Waals surface area contributed by atoms with Gasteiger partial charge in [0.2, 0.25) is 53.2 Å². The van der Waals surface area contributed by atoms with Crippen LogP contribution in [0.25, 0.3) is 0 Å². The lowest BCUT2D eigenvalue weighted by Crippen LogP contribution is -2.61. The van der Waals surface area contributed by atoms with Crippen molar-refractivity contribution in [2.75, 3.05) is 19.7 Å². The van der Waals surface area contributed by atoms with E-state index >= 15 is 0 Å². The van der Waals surface area contributed by atoms with Crippen molar-refractivity contribution < 1.29 is 68.4 Å². The fourth-order valence-electron chi connectivity index (χ4n) is 7.20. The summed E-state index contributed by atoms with van der Waals surface area (Å²) in [6.07, 6.45) is -0.577. The summed E-state index contributed by atoms with van der Waals surface area (Å²) in [5, 5.41) is 61.5. The molecule has 9 amide bonds. The Morgan fingerprint density at radius 1 is 0.681 bits per heavy atom. The van der Waals surface area contributed by atoms with Gasteiger partial charge in [-0.1, -0.05) is 60.1 Å². The fraction of sp³-hybridized carbons (Fsp3) is 0.644. The van der Waals surface area contributed by atoms with Crippen LogP contribution in [0.5, 0.6) is 5.75 Å². The number of carbonyl (C=O) groups is 10. The number of carbonyl (C=O) groups excluding carboxylic acids is 9. The first-order valence-electron chi connectivity index (χ1n) is 23.1. The van der Waals surface area contributed by atoms with E-state index in [0.29, 0.717) is 24.9 Å². The molecule has 1 aromatic rings. The quantitative estimate of drug-likeness (QED) is 0.0373. The molecule has 2 rings (SSSR count). The standard InChI is InChI=1S/C45H72N10O14/c1-8-24(6)36(54-41(64)30(17-23(4)5)50-40(63)31(18-26-11-13-27(58)14-12-26)51-38(61)28-10-9-15-47-28)43(66)48-20-35(60)49-32(19-34(46)59)42(65)55-37(25(7)57)44(67)52-29(16-22(2)3)39(62)53-33(21-56)45(68)69/h11-14,22-25,28-33,36-37,47,56-58H,8-10,15-21H2,1-7H3,(H2,46,59)(H,48,66)(H,49,60)(H,50,63)(H,51,61)(H,52,67)(H,53,62)(H,54,64)(H,55,65)(H,68,69)/t24-,25+,28-,29-,30-,31-,32-,33-,36-,37-/m0/s1. The molecule has 386 valence electrons. The van der Waals surface area contributed by atoms with Crippen LogP contribution < -0.4 is 53.6 Å². The lowest BCUT2D eigenvalue weighted by molar-refractivity contribution is -0.143. The molecule has 1 aliphatic rings. The van der Waals surface area contributed by atoms with Crippen LogP contribution in [0.1, 0.15) is 92.6 Å². The molecule has 0 spiro atoms. The topological polar surface area (TPSA) is 386 Å². The van der Waals surface area contributed by atoms with Crippen LogP contribution in [-0.2, 0) is 54.4 Å². The molecule has 24 heteroatoms. The normalized spacial score (nSPS) is 17.3. The van der Waals surface area contributed by atoms with Crippen molar-refractivity contribution in [2.24, 2.45) is 23.5 Å². The fourth-order valence-corrected chi connectivity index (χ4v) is 7.20. The van der Waals surface area contributed by atoms with E-state index in [9.17, 15) is 68.4 Å². The van der Waals surface area contributed by atoms with Gasteiger partial charge < -0.3 is 74.0 Å². The van der Waals surface area contributed by atoms with Gasteiger partial charge in [0.1, 0.15) is 48.0 Å². The Balaban J connectivity index is 2.22. The molecule has 1 aromatic carbocycles. The van der Waals surface area contributed by atoms with E-state index < -0.39 is 139 Å². The molecule has 69 heavy (non-hydrogen) atoms. The number of carboxylic acids is 1. The molecule has 0 aromatic heterocycles. The summed E-state index contributed by atoms with van der Waals surface area (Å²) in [5.41, 5.74) is 5.97. The van der Waals surface area contributed by atoms with Crippen molar-refractivity contribution in [2.45, 2.75) is 148 Å². The molecule has 0 bridgehead atoms. The number of phenols is 1. The number of phenolic OH excluding ortho intramolecular Hbond substituents is 1. The number of hydrogen-bond donors (Lipinski definition) is 14. The molecular weight excluding hydrogens is 905 g/mol. The molecule has 24 nitrogen and oxygen atoms in total. The minimum absolute atomic E-state index is 0.00734. The number of nitrogens with two attached hydrogens (primary N) is 1. The second kappa shape index (κ2) is 28.8. The zero-order valence-electron chi connectivity index (χ0n) is 40.3. The van der Waals surface area contributed by atoms with E-state index in [1.54, 1.807) is 39.8 Å². The van der Waals surface area contributed by atoms with Crippen molar-refractivity contribution in [3.63, 3.8) is 0 Å². The summed E-state index contributed by atoms with van der Waals surface area (Å²) in [7, 11) is 0. The molecule has 0 unspecified atom stereocenters. The van der Waals surface area contributed by atoms with Gasteiger partial charge in [0.15, 0.2) is 0 Å². The summed E-state index contributed by atoms with van der Waals surface area (Å²) in [6, 6.07) is -4.59. The first-order chi connectivity index (χ1) is 32.4. The van der Waals surface area contributed by atoms with Gasteiger partial charge in [-0.2, -0.15) is 0 Å². The number of primary amides is 1. The number of aliphatic hydroxyl groups is 2. The van der Waals surface area contributed by atoms with Crippen molar-refractivity contribution in [1.29, 1.82) is 0 Å². The number of aliphatic hydroxyl groups excluding tert-OH is 2. The SMILES string of the molecule is CC[C@H](C)[C@H](NC(=O)[C@H](CC(C)C)NC(=O)[C@H](Cc1ccc(O)cc1)NC(=O)[C@@H]1CCCN1)C(=O)NCC(=O)N[C@@H](CC(N)=O)C(=O)N[C@H](C(=O)N[C@@H](CC(C)C)C(=O)N[C@@H](CO)C(=O)O)[C@@H](C)O. The van der Waals surface area contributed by atoms with Crippen LogP contribution in [0, 0.1) is 17.8 Å². The van der Waals surface area contributed by atoms with Crippen molar-refractivity contribution in [3.8, 4) is 5.75 Å². The van der Waals surface area contributed by atoms with Gasteiger partial charge in [-0.25, -0.2) is 4.79 Å². The number of rotatable bonds is 29. The monoisotopic (exact) mass is 977 g/mol. The Morgan fingerprint density at radius 2 is 1.20 bits per heavy atom. The average molecular weight is 977 g/mol. The number of carboxylic acid groups (broad SMARTS) is 1. The van der Waals surface area contributed by atoms with Crippen molar-refractivity contribution in [1.82, 2.24) is 47.9 Å². The predicted molar refractivity (Wildman–Crippen MR) is 248 cm³/mol. The van der Waals surface area contributed by atoms with Crippen LogP contribution >= 0.6 is 0 Å². The first kappa shape index (κ1) is 58.7. The van der Waals surface area contributed by atoms with E-state index in [1.807, 2.05) is 13.8 Å². The van der Waals surface area contributed by atoms with E-state index in [2.05, 4.69) is 47.9 Å². The Hall–Kier alpha value is -6.40. The zero-order valence-corrected chi connectivity index (χ0v) is 40.3. The summed E-state index contributed by atoms with van der Waals surface area (Å²) in [6.45, 7) is 10.5. The maximum absolute atomic E-state index is 14.0. The largest absolute Gasteiger partial charge is 0.508 e. The van der Waals surface area contributed by atoms with Gasteiger partial charge in [0.05, 0.1) is 31.7 Å². The van der Waals surface area contributed by atoms with Crippen LogP contribution in [0.4, 0.5) is 0 Å².